The van der Waals surface area contributed by atoms with Crippen LogP contribution in [-0.2, 0) is 4.74 Å². The summed E-state index contributed by atoms with van der Waals surface area (Å²) in [7, 11) is 0. The van der Waals surface area contributed by atoms with Gasteiger partial charge in [0.2, 0.25) is 0 Å². The van der Waals surface area contributed by atoms with Crippen molar-refractivity contribution in [2.75, 3.05) is 32.8 Å². The number of nitrogens with zero attached hydrogens (tertiary/aromatic N) is 1. The quantitative estimate of drug-likeness (QED) is 0.789. The summed E-state index contributed by atoms with van der Waals surface area (Å²) in [4.78, 5) is 2.62. The molecule has 2 N–H and O–H groups in total. The molecule has 0 saturated carbocycles. The van der Waals surface area contributed by atoms with E-state index in [1.165, 1.54) is 38.8 Å². The maximum atomic E-state index is 5.90. The Morgan fingerprint density at radius 2 is 2.25 bits per heavy atom. The van der Waals surface area contributed by atoms with Crippen molar-refractivity contribution >= 4 is 0 Å². The molecule has 3 atom stereocenters. The standard InChI is InChI=1S/C13H26N2O/c1-11-3-2-6-15(13(11)9-14)7-4-12-5-8-16-10-12/h11-13H,2-10,14H2,1H3. The van der Waals surface area contributed by atoms with Crippen molar-refractivity contribution in [3.8, 4) is 0 Å². The molecule has 0 amide bonds. The fraction of sp³-hybridized carbons (Fsp3) is 1.00. The maximum absolute atomic E-state index is 5.90. The van der Waals surface area contributed by atoms with Gasteiger partial charge in [-0.05, 0) is 50.6 Å². The highest BCUT2D eigenvalue weighted by atomic mass is 16.5. The fourth-order valence-electron chi connectivity index (χ4n) is 3.15. The molecule has 0 aromatic rings. The summed E-state index contributed by atoms with van der Waals surface area (Å²) in [5.74, 6) is 1.58. The lowest BCUT2D eigenvalue weighted by molar-refractivity contribution is 0.0973. The second kappa shape index (κ2) is 5.99. The van der Waals surface area contributed by atoms with Gasteiger partial charge < -0.3 is 10.5 Å². The van der Waals surface area contributed by atoms with E-state index in [1.54, 1.807) is 0 Å². The molecule has 0 aromatic heterocycles. The van der Waals surface area contributed by atoms with Crippen molar-refractivity contribution < 1.29 is 4.74 Å². The molecule has 2 aliphatic rings. The summed E-state index contributed by atoms with van der Waals surface area (Å²) in [5, 5.41) is 0. The van der Waals surface area contributed by atoms with E-state index in [9.17, 15) is 0 Å². The lowest BCUT2D eigenvalue weighted by Crippen LogP contribution is -2.49. The molecular formula is C13H26N2O. The van der Waals surface area contributed by atoms with Crippen LogP contribution in [-0.4, -0.2) is 43.8 Å². The van der Waals surface area contributed by atoms with Crippen LogP contribution in [0.1, 0.15) is 32.6 Å². The molecule has 2 aliphatic heterocycles. The van der Waals surface area contributed by atoms with E-state index in [-0.39, 0.29) is 0 Å². The molecule has 3 unspecified atom stereocenters. The lowest BCUT2D eigenvalue weighted by Gasteiger charge is -2.39. The highest BCUT2D eigenvalue weighted by Crippen LogP contribution is 2.24. The Labute approximate surface area is 99.3 Å². The van der Waals surface area contributed by atoms with Crippen LogP contribution in [0.5, 0.6) is 0 Å². The minimum Gasteiger partial charge on any atom is -0.381 e. The second-order valence-corrected chi connectivity index (χ2v) is 5.48. The van der Waals surface area contributed by atoms with E-state index >= 15 is 0 Å². The molecule has 3 nitrogen and oxygen atoms in total. The van der Waals surface area contributed by atoms with E-state index in [0.29, 0.717) is 6.04 Å². The van der Waals surface area contributed by atoms with Gasteiger partial charge in [0.15, 0.2) is 0 Å². The van der Waals surface area contributed by atoms with Gasteiger partial charge in [-0.2, -0.15) is 0 Å². The molecule has 2 saturated heterocycles. The van der Waals surface area contributed by atoms with Crippen molar-refractivity contribution in [2.45, 2.75) is 38.6 Å². The van der Waals surface area contributed by atoms with Crippen molar-refractivity contribution in [3.05, 3.63) is 0 Å². The van der Waals surface area contributed by atoms with Crippen LogP contribution in [0.25, 0.3) is 0 Å². The Hall–Kier alpha value is -0.120. The van der Waals surface area contributed by atoms with Gasteiger partial charge in [0.05, 0.1) is 0 Å². The van der Waals surface area contributed by atoms with E-state index in [0.717, 1.165) is 31.6 Å². The highest BCUT2D eigenvalue weighted by Gasteiger charge is 2.27. The SMILES string of the molecule is CC1CCCN(CCC2CCOC2)C1CN. The van der Waals surface area contributed by atoms with E-state index in [2.05, 4.69) is 11.8 Å². The van der Waals surface area contributed by atoms with Gasteiger partial charge in [0.25, 0.3) is 0 Å². The third-order valence-electron chi connectivity index (χ3n) is 4.32. The van der Waals surface area contributed by atoms with Gasteiger partial charge >= 0.3 is 0 Å². The van der Waals surface area contributed by atoms with Crippen LogP contribution in [0.2, 0.25) is 0 Å². The number of hydrogen-bond acceptors (Lipinski definition) is 3. The van der Waals surface area contributed by atoms with Crippen LogP contribution in [0.4, 0.5) is 0 Å². The maximum Gasteiger partial charge on any atom is 0.0495 e. The van der Waals surface area contributed by atoms with Gasteiger partial charge in [-0.25, -0.2) is 0 Å². The zero-order chi connectivity index (χ0) is 11.4. The van der Waals surface area contributed by atoms with Crippen LogP contribution >= 0.6 is 0 Å². The van der Waals surface area contributed by atoms with Crippen LogP contribution < -0.4 is 5.73 Å². The van der Waals surface area contributed by atoms with Crippen molar-refractivity contribution in [3.63, 3.8) is 0 Å². The van der Waals surface area contributed by atoms with Crippen LogP contribution in [0.3, 0.4) is 0 Å². The first-order chi connectivity index (χ1) is 7.81. The molecule has 0 bridgehead atoms. The molecule has 2 fully saturated rings. The Morgan fingerprint density at radius 1 is 1.38 bits per heavy atom. The minimum absolute atomic E-state index is 0.621. The molecular weight excluding hydrogens is 200 g/mol. The first-order valence-electron chi connectivity index (χ1n) is 6.83. The number of piperidine rings is 1. The zero-order valence-electron chi connectivity index (χ0n) is 10.5. The Morgan fingerprint density at radius 3 is 2.94 bits per heavy atom. The van der Waals surface area contributed by atoms with E-state index in [4.69, 9.17) is 10.5 Å². The second-order valence-electron chi connectivity index (χ2n) is 5.48. The van der Waals surface area contributed by atoms with E-state index in [1.807, 2.05) is 0 Å². The predicted octanol–water partition coefficient (Wildman–Crippen LogP) is 1.47. The largest absolute Gasteiger partial charge is 0.381 e. The minimum atomic E-state index is 0.621. The van der Waals surface area contributed by atoms with E-state index < -0.39 is 0 Å². The first kappa shape index (κ1) is 12.3. The molecule has 0 radical (unpaired) electrons. The number of likely N-dealkylation sites (tertiary alicyclic amines) is 1. The summed E-state index contributed by atoms with van der Waals surface area (Å²) in [6, 6.07) is 0.621. The van der Waals surface area contributed by atoms with Gasteiger partial charge in [0, 0.05) is 25.8 Å². The average Bonchev–Trinajstić information content (AvgIpc) is 2.79. The van der Waals surface area contributed by atoms with Crippen molar-refractivity contribution in [2.24, 2.45) is 17.6 Å². The van der Waals surface area contributed by atoms with Crippen molar-refractivity contribution in [1.82, 2.24) is 4.90 Å². The summed E-state index contributed by atoms with van der Waals surface area (Å²) in [6.45, 7) is 7.60. The Bertz CT molecular complexity index is 204. The summed E-state index contributed by atoms with van der Waals surface area (Å²) in [5.41, 5.74) is 5.90. The smallest absolute Gasteiger partial charge is 0.0495 e. The van der Waals surface area contributed by atoms with Gasteiger partial charge in [-0.3, -0.25) is 4.90 Å². The Kier molecular flexibility index (Phi) is 4.62. The summed E-state index contributed by atoms with van der Waals surface area (Å²) in [6.07, 6.45) is 5.25. The number of ether oxygens (including phenoxy) is 1. The molecule has 0 spiro atoms. The number of hydrogen-bond donors (Lipinski definition) is 1. The van der Waals surface area contributed by atoms with Crippen LogP contribution in [0.15, 0.2) is 0 Å². The van der Waals surface area contributed by atoms with Crippen LogP contribution in [0, 0.1) is 11.8 Å². The summed E-state index contributed by atoms with van der Waals surface area (Å²) < 4.78 is 5.43. The molecule has 3 heteroatoms. The lowest BCUT2D eigenvalue weighted by atomic mass is 9.90. The molecule has 16 heavy (non-hydrogen) atoms. The first-order valence-corrected chi connectivity index (χ1v) is 6.83. The Balaban J connectivity index is 1.77. The third-order valence-corrected chi connectivity index (χ3v) is 4.32. The summed E-state index contributed by atoms with van der Waals surface area (Å²) >= 11 is 0. The zero-order valence-corrected chi connectivity index (χ0v) is 10.5. The molecule has 94 valence electrons. The number of nitrogens with two attached hydrogens (primary N) is 1. The van der Waals surface area contributed by atoms with Gasteiger partial charge in [0.1, 0.15) is 0 Å². The third kappa shape index (κ3) is 2.96. The normalized spacial score (nSPS) is 36.8. The van der Waals surface area contributed by atoms with Crippen molar-refractivity contribution in [1.29, 1.82) is 0 Å². The van der Waals surface area contributed by atoms with Gasteiger partial charge in [-0.1, -0.05) is 6.92 Å². The molecule has 0 aliphatic carbocycles. The fourth-order valence-corrected chi connectivity index (χ4v) is 3.15. The topological polar surface area (TPSA) is 38.5 Å². The number of rotatable bonds is 4. The predicted molar refractivity (Wildman–Crippen MR) is 66.4 cm³/mol. The monoisotopic (exact) mass is 226 g/mol. The molecule has 2 heterocycles. The molecule has 2 rings (SSSR count). The van der Waals surface area contributed by atoms with Gasteiger partial charge in [-0.15, -0.1) is 0 Å². The highest BCUT2D eigenvalue weighted by molar-refractivity contribution is 4.83. The molecule has 0 aromatic carbocycles. The average molecular weight is 226 g/mol.